The van der Waals surface area contributed by atoms with Gasteiger partial charge in [0.2, 0.25) is 0 Å². The Kier molecular flexibility index (Phi) is 5.73. The van der Waals surface area contributed by atoms with Gasteiger partial charge in [-0.1, -0.05) is 53.2 Å². The average molecular weight is 396 g/mol. The molecule has 8 heteroatoms. The fourth-order valence-corrected chi connectivity index (χ4v) is 4.01. The smallest absolute Gasteiger partial charge is 0.250 e. The fourth-order valence-electron chi connectivity index (χ4n) is 1.84. The highest BCUT2D eigenvalue weighted by atomic mass is 35.5. The number of halogens is 2. The minimum atomic E-state index is -0.199. The van der Waals surface area contributed by atoms with Crippen LogP contribution in [0.3, 0.4) is 0 Å². The van der Waals surface area contributed by atoms with Gasteiger partial charge < -0.3 is 0 Å². The summed E-state index contributed by atoms with van der Waals surface area (Å²) in [5.41, 5.74) is 4.18. The average Bonchev–Trinajstić information content (AvgIpc) is 2.99. The fraction of sp³-hybridized carbons (Fsp3) is 0.0625. The molecule has 1 N–H and O–H groups in total. The lowest BCUT2D eigenvalue weighted by Gasteiger charge is -1.99. The Hall–Kier alpha value is -1.60. The molecule has 1 heterocycles. The van der Waals surface area contributed by atoms with Crippen LogP contribution in [0.2, 0.25) is 10.0 Å². The molecule has 0 saturated heterocycles. The van der Waals surface area contributed by atoms with Gasteiger partial charge in [0, 0.05) is 0 Å². The van der Waals surface area contributed by atoms with E-state index in [1.165, 1.54) is 18.0 Å². The Bertz CT molecular complexity index is 878. The summed E-state index contributed by atoms with van der Waals surface area (Å²) < 4.78 is 1.97. The quantitative estimate of drug-likeness (QED) is 0.381. The van der Waals surface area contributed by atoms with Crippen LogP contribution in [-0.4, -0.2) is 22.9 Å². The Balaban J connectivity index is 1.51. The molecule has 4 nitrogen and oxygen atoms in total. The number of hydrogen-bond acceptors (Lipinski definition) is 5. The van der Waals surface area contributed by atoms with Gasteiger partial charge in [-0.25, -0.2) is 10.4 Å². The highest BCUT2D eigenvalue weighted by Gasteiger charge is 2.07. The van der Waals surface area contributed by atoms with Crippen LogP contribution in [-0.2, 0) is 4.79 Å². The van der Waals surface area contributed by atoms with E-state index in [2.05, 4.69) is 15.5 Å². The summed E-state index contributed by atoms with van der Waals surface area (Å²) in [6.45, 7) is 0. The summed E-state index contributed by atoms with van der Waals surface area (Å²) in [6.07, 6.45) is 1.52. The number of thiazole rings is 1. The Labute approximate surface area is 156 Å². The Morgan fingerprint density at radius 1 is 1.25 bits per heavy atom. The van der Waals surface area contributed by atoms with E-state index in [1.54, 1.807) is 29.5 Å². The first-order valence-corrected chi connectivity index (χ1v) is 9.43. The van der Waals surface area contributed by atoms with Gasteiger partial charge in [-0.3, -0.25) is 4.79 Å². The summed E-state index contributed by atoms with van der Waals surface area (Å²) in [6, 6.07) is 13.0. The molecule has 1 amide bonds. The second kappa shape index (κ2) is 7.98. The van der Waals surface area contributed by atoms with Crippen molar-refractivity contribution in [2.75, 3.05) is 5.75 Å². The molecule has 0 fully saturated rings. The molecule has 2 aromatic carbocycles. The van der Waals surface area contributed by atoms with Crippen molar-refractivity contribution < 1.29 is 4.79 Å². The highest BCUT2D eigenvalue weighted by Crippen LogP contribution is 2.29. The molecule has 0 aliphatic rings. The first kappa shape index (κ1) is 17.2. The number of benzene rings is 2. The normalized spacial score (nSPS) is 11.2. The number of nitrogens with one attached hydrogen (secondary N) is 1. The van der Waals surface area contributed by atoms with Crippen LogP contribution in [0.15, 0.2) is 51.9 Å². The number of rotatable bonds is 5. The molecule has 0 aliphatic heterocycles. The second-order valence-corrected chi connectivity index (χ2v) is 7.77. The highest BCUT2D eigenvalue weighted by molar-refractivity contribution is 8.01. The molecule has 0 bridgehead atoms. The molecule has 0 spiro atoms. The van der Waals surface area contributed by atoms with Gasteiger partial charge in [0.1, 0.15) is 0 Å². The number of carbonyl (C=O) groups excluding carboxylic acids is 1. The van der Waals surface area contributed by atoms with Gasteiger partial charge in [0.05, 0.1) is 32.2 Å². The number of para-hydroxylation sites is 1. The molecule has 0 radical (unpaired) electrons. The van der Waals surface area contributed by atoms with Gasteiger partial charge in [-0.05, 0) is 29.8 Å². The first-order valence-electron chi connectivity index (χ1n) is 6.87. The molecule has 0 aliphatic carbocycles. The topological polar surface area (TPSA) is 54.4 Å². The minimum absolute atomic E-state index is 0.199. The van der Waals surface area contributed by atoms with Gasteiger partial charge in [-0.15, -0.1) is 11.3 Å². The largest absolute Gasteiger partial charge is 0.272 e. The van der Waals surface area contributed by atoms with Crippen LogP contribution < -0.4 is 5.43 Å². The van der Waals surface area contributed by atoms with Crippen molar-refractivity contribution in [1.29, 1.82) is 0 Å². The summed E-state index contributed by atoms with van der Waals surface area (Å²) in [5, 5.41) is 4.83. The zero-order chi connectivity index (χ0) is 16.9. The van der Waals surface area contributed by atoms with E-state index in [1.807, 2.05) is 24.3 Å². The number of hydrazone groups is 1. The van der Waals surface area contributed by atoms with Crippen molar-refractivity contribution in [3.8, 4) is 0 Å². The molecule has 0 atom stereocenters. The maximum absolute atomic E-state index is 11.8. The molecule has 24 heavy (non-hydrogen) atoms. The van der Waals surface area contributed by atoms with E-state index in [-0.39, 0.29) is 11.7 Å². The van der Waals surface area contributed by atoms with E-state index in [4.69, 9.17) is 23.2 Å². The third kappa shape index (κ3) is 4.48. The van der Waals surface area contributed by atoms with Gasteiger partial charge in [0.25, 0.3) is 5.91 Å². The molecule has 0 saturated carbocycles. The van der Waals surface area contributed by atoms with Crippen molar-refractivity contribution in [1.82, 2.24) is 10.4 Å². The van der Waals surface area contributed by atoms with Gasteiger partial charge in [-0.2, -0.15) is 5.10 Å². The van der Waals surface area contributed by atoms with Gasteiger partial charge in [0.15, 0.2) is 4.34 Å². The number of carbonyl (C=O) groups is 1. The standard InChI is InChI=1S/C16H11Cl2N3OS2/c17-11-6-5-10(7-12(11)18)8-19-21-15(22)9-23-16-20-13-3-1-2-4-14(13)24-16/h1-8H,9H2,(H,21,22). The third-order valence-electron chi connectivity index (χ3n) is 2.95. The molecule has 3 aromatic rings. The summed E-state index contributed by atoms with van der Waals surface area (Å²) in [7, 11) is 0. The predicted molar refractivity (Wildman–Crippen MR) is 103 cm³/mol. The number of thioether (sulfide) groups is 1. The molecule has 3 rings (SSSR count). The first-order chi connectivity index (χ1) is 11.6. The van der Waals surface area contributed by atoms with E-state index in [9.17, 15) is 4.79 Å². The van der Waals surface area contributed by atoms with Crippen LogP contribution in [0.4, 0.5) is 0 Å². The van der Waals surface area contributed by atoms with E-state index in [0.717, 1.165) is 20.1 Å². The number of nitrogens with zero attached hydrogens (tertiary/aromatic N) is 2. The minimum Gasteiger partial charge on any atom is -0.272 e. The van der Waals surface area contributed by atoms with E-state index in [0.29, 0.717) is 10.0 Å². The van der Waals surface area contributed by atoms with E-state index >= 15 is 0 Å². The van der Waals surface area contributed by atoms with Crippen LogP contribution in [0.1, 0.15) is 5.56 Å². The number of aromatic nitrogens is 1. The number of hydrogen-bond donors (Lipinski definition) is 1. The maximum Gasteiger partial charge on any atom is 0.250 e. The zero-order valence-corrected chi connectivity index (χ0v) is 15.3. The maximum atomic E-state index is 11.8. The Morgan fingerprint density at radius 3 is 2.88 bits per heavy atom. The van der Waals surface area contributed by atoms with Crippen molar-refractivity contribution in [2.24, 2.45) is 5.10 Å². The third-order valence-corrected chi connectivity index (χ3v) is 5.87. The lowest BCUT2D eigenvalue weighted by atomic mass is 10.2. The number of amides is 1. The second-order valence-electron chi connectivity index (χ2n) is 4.70. The molecule has 0 unspecified atom stereocenters. The Morgan fingerprint density at radius 2 is 2.08 bits per heavy atom. The monoisotopic (exact) mass is 395 g/mol. The van der Waals surface area contributed by atoms with Crippen molar-refractivity contribution in [3.63, 3.8) is 0 Å². The van der Waals surface area contributed by atoms with E-state index < -0.39 is 0 Å². The molecular formula is C16H11Cl2N3OS2. The summed E-state index contributed by atoms with van der Waals surface area (Å²) in [4.78, 5) is 16.3. The lowest BCUT2D eigenvalue weighted by Crippen LogP contribution is -2.19. The van der Waals surface area contributed by atoms with Crippen molar-refractivity contribution >= 4 is 68.6 Å². The lowest BCUT2D eigenvalue weighted by molar-refractivity contribution is -0.118. The van der Waals surface area contributed by atoms with Crippen molar-refractivity contribution in [2.45, 2.75) is 4.34 Å². The molecular weight excluding hydrogens is 385 g/mol. The SMILES string of the molecule is O=C(CSc1nc2ccccc2s1)NN=Cc1ccc(Cl)c(Cl)c1. The molecule has 122 valence electrons. The van der Waals surface area contributed by atoms with Crippen LogP contribution in [0.5, 0.6) is 0 Å². The van der Waals surface area contributed by atoms with Crippen LogP contribution >= 0.6 is 46.3 Å². The van der Waals surface area contributed by atoms with Gasteiger partial charge >= 0.3 is 0 Å². The summed E-state index contributed by atoms with van der Waals surface area (Å²) >= 11 is 14.7. The van der Waals surface area contributed by atoms with Crippen molar-refractivity contribution in [3.05, 3.63) is 58.1 Å². The number of fused-ring (bicyclic) bond motifs is 1. The predicted octanol–water partition coefficient (Wildman–Crippen LogP) is 4.85. The molecule has 1 aromatic heterocycles. The van der Waals surface area contributed by atoms with Crippen LogP contribution in [0.25, 0.3) is 10.2 Å². The zero-order valence-electron chi connectivity index (χ0n) is 12.2. The van der Waals surface area contributed by atoms with Crippen LogP contribution in [0, 0.1) is 0 Å². The summed E-state index contributed by atoms with van der Waals surface area (Å²) in [5.74, 6) is 0.0500.